The second-order valence-electron chi connectivity index (χ2n) is 7.60. The van der Waals surface area contributed by atoms with Crippen molar-refractivity contribution in [1.82, 2.24) is 4.31 Å². The minimum Gasteiger partial charge on any atom is -0.358 e. The molecule has 2 atom stereocenters. The smallest absolute Gasteiger partial charge is 0.245 e. The molecule has 0 fully saturated rings. The highest BCUT2D eigenvalue weighted by Crippen LogP contribution is 2.26. The number of benzene rings is 2. The molecule has 0 aliphatic carbocycles. The normalized spacial score (nSPS) is 13.5. The van der Waals surface area contributed by atoms with Gasteiger partial charge in [-0.1, -0.05) is 74.4 Å². The van der Waals surface area contributed by atoms with E-state index in [1.165, 1.54) is 4.31 Å². The molecule has 166 valence electrons. The summed E-state index contributed by atoms with van der Waals surface area (Å²) < 4.78 is 35.0. The van der Waals surface area contributed by atoms with Gasteiger partial charge < -0.3 is 4.74 Å². The molecule has 31 heavy (non-hydrogen) atoms. The molecule has 2 aromatic carbocycles. The van der Waals surface area contributed by atoms with Crippen molar-refractivity contribution in [2.24, 2.45) is 0 Å². The van der Waals surface area contributed by atoms with Gasteiger partial charge in [0.15, 0.2) is 0 Å². The lowest BCUT2D eigenvalue weighted by Crippen LogP contribution is -2.48. The van der Waals surface area contributed by atoms with Crippen LogP contribution in [0, 0.1) is 19.3 Å². The first kappa shape index (κ1) is 24.9. The molecular weight excluding hydrogens is 406 g/mol. The van der Waals surface area contributed by atoms with Crippen molar-refractivity contribution >= 4 is 10.0 Å². The van der Waals surface area contributed by atoms with Gasteiger partial charge in [-0.2, -0.15) is 4.31 Å². The predicted octanol–water partition coefficient (Wildman–Crippen LogP) is 5.34. The number of sulfonamides is 1. The molecule has 5 heteroatoms. The summed E-state index contributed by atoms with van der Waals surface area (Å²) in [6.07, 6.45) is 10.1. The van der Waals surface area contributed by atoms with Crippen molar-refractivity contribution in [3.05, 3.63) is 78.4 Å². The average Bonchev–Trinajstić information content (AvgIpc) is 2.76. The van der Waals surface area contributed by atoms with Crippen LogP contribution < -0.4 is 0 Å². The standard InChI is InChI=1S/C26H33NO3S/c1-5-8-12-20-30-26(7-3)27(31(28,29)25-18-16-22(4)17-19-25)24(13-6-2)21-23-14-10-9-11-15-23/h2,7,9-11,14-19,24,26H,3,5,8,12-13,20-21H2,1,4H3/t24-,26-/m0/s1. The number of rotatable bonds is 13. The summed E-state index contributed by atoms with van der Waals surface area (Å²) in [7, 11) is -3.87. The Kier molecular flexibility index (Phi) is 10.00. The maximum absolute atomic E-state index is 13.8. The first-order chi connectivity index (χ1) is 14.9. The van der Waals surface area contributed by atoms with Crippen LogP contribution in [0.4, 0.5) is 0 Å². The lowest BCUT2D eigenvalue weighted by Gasteiger charge is -2.35. The van der Waals surface area contributed by atoms with Crippen molar-refractivity contribution in [3.63, 3.8) is 0 Å². The van der Waals surface area contributed by atoms with Crippen LogP contribution in [0.2, 0.25) is 0 Å². The highest BCUT2D eigenvalue weighted by Gasteiger charge is 2.36. The van der Waals surface area contributed by atoms with Crippen LogP contribution in [-0.4, -0.2) is 31.6 Å². The van der Waals surface area contributed by atoms with Crippen LogP contribution in [0.3, 0.4) is 0 Å². The molecule has 0 aromatic heterocycles. The van der Waals surface area contributed by atoms with Gasteiger partial charge in [0.1, 0.15) is 6.23 Å². The van der Waals surface area contributed by atoms with E-state index in [4.69, 9.17) is 11.2 Å². The van der Waals surface area contributed by atoms with Crippen molar-refractivity contribution < 1.29 is 13.2 Å². The van der Waals surface area contributed by atoms with Gasteiger partial charge >= 0.3 is 0 Å². The van der Waals surface area contributed by atoms with Gasteiger partial charge in [0.2, 0.25) is 10.0 Å². The highest BCUT2D eigenvalue weighted by molar-refractivity contribution is 7.89. The molecule has 2 rings (SSSR count). The minimum atomic E-state index is -3.87. The lowest BCUT2D eigenvalue weighted by atomic mass is 10.0. The zero-order valence-corrected chi connectivity index (χ0v) is 19.4. The molecule has 0 aliphatic heterocycles. The molecule has 0 N–H and O–H groups in total. The number of unbranched alkanes of at least 4 members (excludes halogenated alkanes) is 2. The Morgan fingerprint density at radius 3 is 2.39 bits per heavy atom. The minimum absolute atomic E-state index is 0.220. The van der Waals surface area contributed by atoms with Crippen molar-refractivity contribution in [2.45, 2.75) is 63.1 Å². The Balaban J connectivity index is 2.46. The van der Waals surface area contributed by atoms with Gasteiger partial charge in [-0.05, 0) is 43.5 Å². The molecule has 0 aliphatic rings. The van der Waals surface area contributed by atoms with E-state index in [-0.39, 0.29) is 11.3 Å². The number of terminal acetylenes is 1. The predicted molar refractivity (Wildman–Crippen MR) is 127 cm³/mol. The largest absolute Gasteiger partial charge is 0.358 e. The fourth-order valence-electron chi connectivity index (χ4n) is 3.45. The summed E-state index contributed by atoms with van der Waals surface area (Å²) >= 11 is 0. The summed E-state index contributed by atoms with van der Waals surface area (Å²) in [4.78, 5) is 0.220. The van der Waals surface area contributed by atoms with Crippen molar-refractivity contribution in [3.8, 4) is 12.3 Å². The zero-order chi connectivity index (χ0) is 22.7. The third-order valence-corrected chi connectivity index (χ3v) is 7.04. The quantitative estimate of drug-likeness (QED) is 0.183. The van der Waals surface area contributed by atoms with Gasteiger partial charge in [-0.15, -0.1) is 12.3 Å². The van der Waals surface area contributed by atoms with E-state index in [1.54, 1.807) is 30.3 Å². The number of hydrogen-bond donors (Lipinski definition) is 0. The molecular formula is C26H33NO3S. The fraction of sp³-hybridized carbons (Fsp3) is 0.385. The summed E-state index contributed by atoms with van der Waals surface area (Å²) in [5.74, 6) is 2.66. The summed E-state index contributed by atoms with van der Waals surface area (Å²) in [5.41, 5.74) is 2.01. The first-order valence-electron chi connectivity index (χ1n) is 10.8. The molecule has 0 unspecified atom stereocenters. The summed E-state index contributed by atoms with van der Waals surface area (Å²) in [6.45, 7) is 8.36. The summed E-state index contributed by atoms with van der Waals surface area (Å²) in [5, 5.41) is 0. The van der Waals surface area contributed by atoms with Crippen LogP contribution >= 0.6 is 0 Å². The van der Waals surface area contributed by atoms with Crippen molar-refractivity contribution in [1.29, 1.82) is 0 Å². The average molecular weight is 440 g/mol. The molecule has 0 saturated heterocycles. The van der Waals surface area contributed by atoms with E-state index in [9.17, 15) is 8.42 Å². The third kappa shape index (κ3) is 7.07. The number of hydrogen-bond acceptors (Lipinski definition) is 3. The van der Waals surface area contributed by atoms with E-state index < -0.39 is 22.3 Å². The van der Waals surface area contributed by atoms with Crippen LogP contribution in [0.5, 0.6) is 0 Å². The van der Waals surface area contributed by atoms with Crippen LogP contribution in [0.1, 0.15) is 43.7 Å². The molecule has 0 heterocycles. The number of nitrogens with zero attached hydrogens (tertiary/aromatic N) is 1. The number of ether oxygens (including phenoxy) is 1. The van der Waals surface area contributed by atoms with Gasteiger partial charge in [0.05, 0.1) is 4.90 Å². The molecule has 0 bridgehead atoms. The zero-order valence-electron chi connectivity index (χ0n) is 18.5. The van der Waals surface area contributed by atoms with Gasteiger partial charge in [0, 0.05) is 19.1 Å². The van der Waals surface area contributed by atoms with Gasteiger partial charge in [0.25, 0.3) is 0 Å². The van der Waals surface area contributed by atoms with Crippen LogP contribution in [0.15, 0.2) is 72.1 Å². The van der Waals surface area contributed by atoms with Crippen LogP contribution in [-0.2, 0) is 21.2 Å². The monoisotopic (exact) mass is 439 g/mol. The second kappa shape index (κ2) is 12.5. The Morgan fingerprint density at radius 1 is 1.13 bits per heavy atom. The van der Waals surface area contributed by atoms with E-state index in [1.807, 2.05) is 37.3 Å². The molecule has 0 saturated carbocycles. The molecule has 4 nitrogen and oxygen atoms in total. The van der Waals surface area contributed by atoms with E-state index in [0.717, 1.165) is 30.4 Å². The topological polar surface area (TPSA) is 46.6 Å². The maximum atomic E-state index is 13.8. The fourth-order valence-corrected chi connectivity index (χ4v) is 5.13. The van der Waals surface area contributed by atoms with E-state index in [2.05, 4.69) is 19.4 Å². The number of aryl methyl sites for hydroxylation is 1. The maximum Gasteiger partial charge on any atom is 0.245 e. The molecule has 2 aromatic rings. The highest BCUT2D eigenvalue weighted by atomic mass is 32.2. The Morgan fingerprint density at radius 2 is 1.81 bits per heavy atom. The second-order valence-corrected chi connectivity index (χ2v) is 9.45. The SMILES string of the molecule is C#CC[C@@H](Cc1ccccc1)N([C@H](C=C)OCCCCC)S(=O)(=O)c1ccc(C)cc1. The van der Waals surface area contributed by atoms with E-state index in [0.29, 0.717) is 13.0 Å². The molecule has 0 spiro atoms. The van der Waals surface area contributed by atoms with Gasteiger partial charge in [-0.3, -0.25) is 0 Å². The van der Waals surface area contributed by atoms with Crippen molar-refractivity contribution in [2.75, 3.05) is 6.61 Å². The Hall–Kier alpha value is -2.39. The first-order valence-corrected chi connectivity index (χ1v) is 12.2. The Bertz CT molecular complexity index is 946. The summed E-state index contributed by atoms with van der Waals surface area (Å²) in [6, 6.07) is 16.1. The Labute approximate surface area is 188 Å². The van der Waals surface area contributed by atoms with Crippen LogP contribution in [0.25, 0.3) is 0 Å². The molecule has 0 radical (unpaired) electrons. The lowest BCUT2D eigenvalue weighted by molar-refractivity contribution is -0.00311. The third-order valence-electron chi connectivity index (χ3n) is 5.11. The van der Waals surface area contributed by atoms with Gasteiger partial charge in [-0.25, -0.2) is 8.42 Å². The molecule has 0 amide bonds. The van der Waals surface area contributed by atoms with E-state index >= 15 is 0 Å².